The van der Waals surface area contributed by atoms with Crippen LogP contribution in [0.25, 0.3) is 21.8 Å². The predicted molar refractivity (Wildman–Crippen MR) is 253 cm³/mol. The predicted octanol–water partition coefficient (Wildman–Crippen LogP) is 6.29. The SMILES string of the molecule is COc1cccc2[nH]c(C(=O)N3C[C@]4(C[C@H]3C(=O)N[C@H](C=O)C[C@@H]3CCCCC3=O)CC4(F)F)cc12.COc1cccc2[nH]c(C(=O)N3C[C@]4(C[C@H]3C(=O)N[C@H](CO)C[C@@H]3CCCCC3=O)CC4(F)F)cc12. The minimum absolute atomic E-state index is 0.0748. The Bertz CT molecular complexity index is 2800. The van der Waals surface area contributed by atoms with Crippen molar-refractivity contribution in [1.29, 1.82) is 0 Å². The van der Waals surface area contributed by atoms with Crippen molar-refractivity contribution in [1.82, 2.24) is 30.4 Å². The molecule has 10 rings (SSSR count). The molecule has 0 radical (unpaired) electrons. The van der Waals surface area contributed by atoms with Gasteiger partial charge >= 0.3 is 0 Å². The van der Waals surface area contributed by atoms with Crippen LogP contribution in [-0.2, 0) is 24.0 Å². The van der Waals surface area contributed by atoms with Gasteiger partial charge in [-0.05, 0) is 87.8 Å². The van der Waals surface area contributed by atoms with E-state index >= 15 is 0 Å². The zero-order chi connectivity index (χ0) is 51.3. The van der Waals surface area contributed by atoms with E-state index in [0.29, 0.717) is 71.7 Å². The Balaban J connectivity index is 0.000000178. The fourth-order valence-electron chi connectivity index (χ4n) is 11.7. The molecule has 2 aromatic heterocycles. The number of ketones is 2. The number of H-pyrrole nitrogens is 2. The van der Waals surface area contributed by atoms with Gasteiger partial charge in [0.1, 0.15) is 52.8 Å². The number of Topliss-reactive ketones (excluding diaryl/α,β-unsaturated/α-hetero) is 2. The molecule has 4 amide bonds. The molecule has 2 saturated heterocycles. The number of aldehydes is 1. The molecule has 0 unspecified atom stereocenters. The quantitative estimate of drug-likeness (QED) is 0.0702. The standard InChI is InChI=1S/C26H31F2N3O5.C26H29F2N3O5/c2*1-36-22-8-4-6-18-17(22)10-19(30-18)24(35)31-14-25(13-26(25,27)28)11-20(31)23(34)29-16(12-32)9-15-5-2-3-7-21(15)33/h4,6,8,10,15-16,20,30,32H,2-3,5,7,9,11-14H2,1H3,(H,29,34);4,6,8,10,12,15-16,20,30H,2-3,5,7,9,11,13-14H2,1H3,(H,29,34)/t2*15-,16-,20-,25-/m00/s1. The number of aromatic nitrogens is 2. The number of ether oxygens (including phenoxy) is 2. The fraction of sp³-hybridized carbons (Fsp3) is 0.558. The zero-order valence-electron chi connectivity index (χ0n) is 40.2. The van der Waals surface area contributed by atoms with Gasteiger partial charge in [-0.15, -0.1) is 0 Å². The highest BCUT2D eigenvalue weighted by Gasteiger charge is 2.76. The summed E-state index contributed by atoms with van der Waals surface area (Å²) >= 11 is 0. The number of carbonyl (C=O) groups excluding carboxylic acids is 7. The molecule has 4 heterocycles. The summed E-state index contributed by atoms with van der Waals surface area (Å²) in [5, 5.41) is 16.6. The first-order chi connectivity index (χ1) is 34.4. The van der Waals surface area contributed by atoms with Crippen molar-refractivity contribution in [2.45, 2.75) is 126 Å². The molecule has 72 heavy (non-hydrogen) atoms. The highest BCUT2D eigenvalue weighted by molar-refractivity contribution is 6.03. The monoisotopic (exact) mass is 1000 g/mol. The Morgan fingerprint density at radius 3 is 1.57 bits per heavy atom. The number of amides is 4. The minimum atomic E-state index is -2.96. The second-order valence-corrected chi connectivity index (χ2v) is 20.8. The van der Waals surface area contributed by atoms with Gasteiger partial charge in [0.25, 0.3) is 23.7 Å². The first-order valence-corrected chi connectivity index (χ1v) is 24.8. The molecule has 4 aliphatic carbocycles. The van der Waals surface area contributed by atoms with Crippen molar-refractivity contribution in [3.63, 3.8) is 0 Å². The van der Waals surface area contributed by atoms with Crippen LogP contribution in [0.5, 0.6) is 11.5 Å². The van der Waals surface area contributed by atoms with E-state index in [1.165, 1.54) is 24.0 Å². The Hall–Kier alpha value is -6.31. The summed E-state index contributed by atoms with van der Waals surface area (Å²) in [6, 6.07) is 9.90. The van der Waals surface area contributed by atoms with Crippen LogP contribution in [0.2, 0.25) is 0 Å². The van der Waals surface area contributed by atoms with E-state index in [4.69, 9.17) is 9.47 Å². The van der Waals surface area contributed by atoms with Crippen LogP contribution in [0.15, 0.2) is 48.5 Å². The van der Waals surface area contributed by atoms with E-state index in [1.54, 1.807) is 48.5 Å². The number of aromatic amines is 2. The molecule has 2 aromatic carbocycles. The van der Waals surface area contributed by atoms with E-state index in [9.17, 15) is 56.2 Å². The molecule has 4 saturated carbocycles. The molecule has 16 nitrogen and oxygen atoms in total. The summed E-state index contributed by atoms with van der Waals surface area (Å²) in [5.74, 6) is -7.48. The number of nitrogens with one attached hydrogen (secondary N) is 4. The normalized spacial score (nSPS) is 27.8. The van der Waals surface area contributed by atoms with E-state index < -0.39 is 70.5 Å². The minimum Gasteiger partial charge on any atom is -0.496 e. The number of aliphatic hydroxyl groups excluding tert-OH is 1. The summed E-state index contributed by atoms with van der Waals surface area (Å²) < 4.78 is 68.0. The number of alkyl halides is 4. The second-order valence-electron chi connectivity index (χ2n) is 20.8. The van der Waals surface area contributed by atoms with Crippen molar-refractivity contribution < 1.29 is 65.7 Å². The molecule has 20 heteroatoms. The summed E-state index contributed by atoms with van der Waals surface area (Å²) in [6.07, 6.45) is 5.75. The number of rotatable bonds is 14. The number of halogens is 4. The number of aliphatic hydroxyl groups is 1. The first kappa shape index (κ1) is 50.6. The average molecular weight is 1010 g/mol. The van der Waals surface area contributed by atoms with Crippen molar-refractivity contribution >= 4 is 63.3 Å². The summed E-state index contributed by atoms with van der Waals surface area (Å²) in [5.41, 5.74) is -1.22. The van der Waals surface area contributed by atoms with Crippen molar-refractivity contribution in [2.24, 2.45) is 22.7 Å². The number of hydrogen-bond donors (Lipinski definition) is 5. The maximum absolute atomic E-state index is 14.3. The molecule has 2 aliphatic heterocycles. The summed E-state index contributed by atoms with van der Waals surface area (Å²) in [4.78, 5) is 98.1. The molecule has 8 atom stereocenters. The van der Waals surface area contributed by atoms with Gasteiger partial charge in [0.15, 0.2) is 0 Å². The van der Waals surface area contributed by atoms with E-state index in [2.05, 4.69) is 20.6 Å². The van der Waals surface area contributed by atoms with Gasteiger partial charge in [-0.2, -0.15) is 0 Å². The van der Waals surface area contributed by atoms with Crippen LogP contribution < -0.4 is 20.1 Å². The topological polar surface area (TPSA) is 220 Å². The van der Waals surface area contributed by atoms with E-state index in [0.717, 1.165) is 25.7 Å². The van der Waals surface area contributed by atoms with Crippen molar-refractivity contribution in [2.75, 3.05) is 33.9 Å². The van der Waals surface area contributed by atoms with Gasteiger partial charge < -0.3 is 49.8 Å². The third-order valence-corrected chi connectivity index (χ3v) is 16.1. The van der Waals surface area contributed by atoms with Gasteiger partial charge in [-0.3, -0.25) is 28.8 Å². The van der Waals surface area contributed by atoms with Crippen molar-refractivity contribution in [3.05, 3.63) is 59.9 Å². The summed E-state index contributed by atoms with van der Waals surface area (Å²) in [7, 11) is 3.02. The van der Waals surface area contributed by atoms with Crippen LogP contribution in [0, 0.1) is 22.7 Å². The van der Waals surface area contributed by atoms with Crippen LogP contribution >= 0.6 is 0 Å². The Morgan fingerprint density at radius 1 is 0.722 bits per heavy atom. The lowest BCUT2D eigenvalue weighted by atomic mass is 9.83. The zero-order valence-corrected chi connectivity index (χ0v) is 40.2. The summed E-state index contributed by atoms with van der Waals surface area (Å²) in [6.45, 7) is -0.857. The molecule has 386 valence electrons. The maximum atomic E-state index is 14.3. The van der Waals surface area contributed by atoms with Crippen LogP contribution in [0.1, 0.15) is 111 Å². The molecule has 6 fully saturated rings. The number of likely N-dealkylation sites (tertiary alicyclic amines) is 2. The number of methoxy groups -OCH3 is 2. The number of carbonyl (C=O) groups is 7. The molecule has 2 spiro atoms. The smallest absolute Gasteiger partial charge is 0.271 e. The van der Waals surface area contributed by atoms with Gasteiger partial charge in [0.2, 0.25) is 11.8 Å². The molecule has 5 N–H and O–H groups in total. The lowest BCUT2D eigenvalue weighted by Gasteiger charge is -2.28. The van der Waals surface area contributed by atoms with E-state index in [1.807, 2.05) is 0 Å². The highest BCUT2D eigenvalue weighted by Crippen LogP contribution is 2.67. The fourth-order valence-corrected chi connectivity index (χ4v) is 11.7. The van der Waals surface area contributed by atoms with Crippen molar-refractivity contribution in [3.8, 4) is 11.5 Å². The number of benzene rings is 2. The lowest BCUT2D eigenvalue weighted by molar-refractivity contribution is -0.129. The molecule has 0 bridgehead atoms. The van der Waals surface area contributed by atoms with Gasteiger partial charge in [-0.1, -0.05) is 25.0 Å². The van der Waals surface area contributed by atoms with Gasteiger partial charge in [0.05, 0.1) is 43.7 Å². The Labute approximate surface area is 412 Å². The largest absolute Gasteiger partial charge is 0.496 e. The third kappa shape index (κ3) is 9.57. The van der Waals surface area contributed by atoms with Crippen LogP contribution in [0.3, 0.4) is 0 Å². The first-order valence-electron chi connectivity index (χ1n) is 24.8. The Kier molecular flexibility index (Phi) is 13.8. The van der Waals surface area contributed by atoms with Crippen LogP contribution in [-0.4, -0.2) is 136 Å². The lowest BCUT2D eigenvalue weighted by Crippen LogP contribution is -2.50. The maximum Gasteiger partial charge on any atom is 0.271 e. The molecule has 6 aliphatic rings. The van der Waals surface area contributed by atoms with Gasteiger partial charge in [-0.25, -0.2) is 17.6 Å². The highest BCUT2D eigenvalue weighted by atomic mass is 19.3. The average Bonchev–Trinajstić information content (AvgIpc) is 3.82. The van der Waals surface area contributed by atoms with Gasteiger partial charge in [0, 0.05) is 72.4 Å². The van der Waals surface area contributed by atoms with E-state index in [-0.39, 0.29) is 86.6 Å². The molecular weight excluding hydrogens is 945 g/mol. The number of nitrogens with zero attached hydrogens (tertiary/aromatic N) is 2. The molecular formula is C52H60F4N6O10. The molecule has 4 aromatic rings. The third-order valence-electron chi connectivity index (χ3n) is 16.1. The van der Waals surface area contributed by atoms with Crippen LogP contribution in [0.4, 0.5) is 17.6 Å². The second kappa shape index (κ2) is 19.6. The number of hydrogen-bond acceptors (Lipinski definition) is 10. The number of fused-ring (bicyclic) bond motifs is 2. The Morgan fingerprint density at radius 2 is 1.17 bits per heavy atom.